The third-order valence-electron chi connectivity index (χ3n) is 2.89. The summed E-state index contributed by atoms with van der Waals surface area (Å²) in [4.78, 5) is 15.4. The number of nitrogens with zero attached hydrogens (tertiary/aromatic N) is 1. The Hall–Kier alpha value is -2.56. The van der Waals surface area contributed by atoms with Crippen LogP contribution in [0.3, 0.4) is 0 Å². The summed E-state index contributed by atoms with van der Waals surface area (Å²) in [5, 5.41) is 9.30. The fourth-order valence-corrected chi connectivity index (χ4v) is 1.89. The molecular weight excluding hydrogens is 258 g/mol. The van der Waals surface area contributed by atoms with E-state index in [0.29, 0.717) is 5.56 Å². The van der Waals surface area contributed by atoms with Gasteiger partial charge in [-0.15, -0.1) is 0 Å². The van der Waals surface area contributed by atoms with E-state index in [1.54, 1.807) is 6.92 Å². The van der Waals surface area contributed by atoms with Crippen LogP contribution in [0.4, 0.5) is 0 Å². The Bertz CT molecular complexity index is 611. The van der Waals surface area contributed by atoms with Gasteiger partial charge in [0.2, 0.25) is 5.88 Å². The molecule has 0 atom stereocenters. The van der Waals surface area contributed by atoms with Gasteiger partial charge in [-0.05, 0) is 12.5 Å². The fraction of sp³-hybridized carbons (Fsp3) is 0.200. The second-order valence-electron chi connectivity index (χ2n) is 4.21. The molecule has 0 bridgehead atoms. The molecule has 5 heteroatoms. The first kappa shape index (κ1) is 13.9. The van der Waals surface area contributed by atoms with Gasteiger partial charge in [0.25, 0.3) is 0 Å². The van der Waals surface area contributed by atoms with Crippen LogP contribution in [0.5, 0.6) is 11.6 Å². The Morgan fingerprint density at radius 2 is 2.00 bits per heavy atom. The maximum Gasteiger partial charge on any atom is 0.340 e. The lowest BCUT2D eigenvalue weighted by molar-refractivity contribution is 0.0690. The number of benzene rings is 1. The van der Waals surface area contributed by atoms with Crippen molar-refractivity contribution in [1.29, 1.82) is 0 Å². The summed E-state index contributed by atoms with van der Waals surface area (Å²) in [6.07, 6.45) is 1.37. The molecule has 20 heavy (non-hydrogen) atoms. The first-order chi connectivity index (χ1) is 9.63. The lowest BCUT2D eigenvalue weighted by atomic mass is 10.1. The zero-order valence-electron chi connectivity index (χ0n) is 11.3. The molecule has 0 fully saturated rings. The van der Waals surface area contributed by atoms with Crippen LogP contribution in [0.1, 0.15) is 21.5 Å². The molecule has 0 saturated carbocycles. The van der Waals surface area contributed by atoms with Crippen LogP contribution < -0.4 is 9.47 Å². The number of hydrogen-bond donors (Lipinski definition) is 1. The highest BCUT2D eigenvalue weighted by atomic mass is 16.5. The molecule has 5 nitrogen and oxygen atoms in total. The summed E-state index contributed by atoms with van der Waals surface area (Å²) in [5.41, 5.74) is 1.48. The van der Waals surface area contributed by atoms with Gasteiger partial charge in [0.1, 0.15) is 12.2 Å². The predicted octanol–water partition coefficient (Wildman–Crippen LogP) is 2.68. The zero-order chi connectivity index (χ0) is 14.5. The Kier molecular flexibility index (Phi) is 4.20. The molecule has 1 N–H and O–H groups in total. The van der Waals surface area contributed by atoms with Gasteiger partial charge >= 0.3 is 5.97 Å². The number of carboxylic acids is 1. The van der Waals surface area contributed by atoms with Crippen LogP contribution in [0.2, 0.25) is 0 Å². The van der Waals surface area contributed by atoms with Crippen molar-refractivity contribution in [2.45, 2.75) is 13.5 Å². The molecular formula is C15H15NO4. The number of carbonyl (C=O) groups is 1. The smallest absolute Gasteiger partial charge is 0.340 e. The van der Waals surface area contributed by atoms with Crippen LogP contribution >= 0.6 is 0 Å². The summed E-state index contributed by atoms with van der Waals surface area (Å²) >= 11 is 0. The average Bonchev–Trinajstić information content (AvgIpc) is 2.45. The average molecular weight is 273 g/mol. The number of aromatic nitrogens is 1. The lowest BCUT2D eigenvalue weighted by Gasteiger charge is -2.12. The molecule has 2 rings (SSSR count). The number of pyridine rings is 1. The minimum atomic E-state index is -1.06. The van der Waals surface area contributed by atoms with E-state index in [1.165, 1.54) is 13.3 Å². The highest BCUT2D eigenvalue weighted by molar-refractivity contribution is 5.93. The summed E-state index contributed by atoms with van der Waals surface area (Å²) in [5.74, 6) is -0.541. The van der Waals surface area contributed by atoms with E-state index in [1.807, 2.05) is 30.3 Å². The minimum absolute atomic E-state index is 0.0766. The highest BCUT2D eigenvalue weighted by Crippen LogP contribution is 2.27. The number of rotatable bonds is 5. The maximum absolute atomic E-state index is 11.4. The SMILES string of the molecule is COc1ncc(OCc2ccccc2)c(C(=O)O)c1C. The maximum atomic E-state index is 11.4. The van der Waals surface area contributed by atoms with Gasteiger partial charge in [-0.2, -0.15) is 0 Å². The van der Waals surface area contributed by atoms with Crippen molar-refractivity contribution in [2.24, 2.45) is 0 Å². The van der Waals surface area contributed by atoms with E-state index in [4.69, 9.17) is 9.47 Å². The van der Waals surface area contributed by atoms with Crippen molar-refractivity contribution in [3.8, 4) is 11.6 Å². The molecule has 0 aliphatic rings. The predicted molar refractivity (Wildman–Crippen MR) is 73.3 cm³/mol. The first-order valence-corrected chi connectivity index (χ1v) is 6.07. The fourth-order valence-electron chi connectivity index (χ4n) is 1.89. The normalized spacial score (nSPS) is 10.1. The second kappa shape index (κ2) is 6.06. The first-order valence-electron chi connectivity index (χ1n) is 6.07. The summed E-state index contributed by atoms with van der Waals surface area (Å²) in [7, 11) is 1.45. The van der Waals surface area contributed by atoms with Crippen molar-refractivity contribution < 1.29 is 19.4 Å². The van der Waals surface area contributed by atoms with Crippen LogP contribution in [0.25, 0.3) is 0 Å². The van der Waals surface area contributed by atoms with E-state index >= 15 is 0 Å². The Morgan fingerprint density at radius 1 is 1.30 bits per heavy atom. The third-order valence-corrected chi connectivity index (χ3v) is 2.89. The molecule has 0 saturated heterocycles. The molecule has 0 spiro atoms. The van der Waals surface area contributed by atoms with Gasteiger partial charge in [-0.25, -0.2) is 9.78 Å². The molecule has 0 aliphatic heterocycles. The largest absolute Gasteiger partial charge is 0.486 e. The quantitative estimate of drug-likeness (QED) is 0.907. The number of hydrogen-bond acceptors (Lipinski definition) is 4. The van der Waals surface area contributed by atoms with Crippen LogP contribution in [0.15, 0.2) is 36.5 Å². The third kappa shape index (κ3) is 2.88. The van der Waals surface area contributed by atoms with Gasteiger partial charge in [0, 0.05) is 5.56 Å². The van der Waals surface area contributed by atoms with Crippen molar-refractivity contribution in [3.05, 3.63) is 53.2 Å². The molecule has 0 unspecified atom stereocenters. The van der Waals surface area contributed by atoms with E-state index in [0.717, 1.165) is 5.56 Å². The van der Waals surface area contributed by atoms with Crippen LogP contribution in [0, 0.1) is 6.92 Å². The van der Waals surface area contributed by atoms with E-state index in [2.05, 4.69) is 4.98 Å². The van der Waals surface area contributed by atoms with Crippen molar-refractivity contribution in [1.82, 2.24) is 4.98 Å². The summed E-state index contributed by atoms with van der Waals surface area (Å²) in [6, 6.07) is 9.52. The molecule has 1 aromatic carbocycles. The molecule has 2 aromatic rings. The topological polar surface area (TPSA) is 68.7 Å². The number of ether oxygens (including phenoxy) is 2. The molecule has 0 amide bonds. The molecule has 1 heterocycles. The lowest BCUT2D eigenvalue weighted by Crippen LogP contribution is -2.08. The monoisotopic (exact) mass is 273 g/mol. The van der Waals surface area contributed by atoms with Crippen molar-refractivity contribution in [2.75, 3.05) is 7.11 Å². The standard InChI is InChI=1S/C15H15NO4/c1-10-13(15(17)18)12(8-16-14(10)19-2)20-9-11-6-4-3-5-7-11/h3-8H,9H2,1-2H3,(H,17,18). The van der Waals surface area contributed by atoms with Gasteiger partial charge in [0.15, 0.2) is 5.75 Å². The summed E-state index contributed by atoms with van der Waals surface area (Å²) < 4.78 is 10.6. The van der Waals surface area contributed by atoms with Crippen LogP contribution in [-0.4, -0.2) is 23.2 Å². The van der Waals surface area contributed by atoms with Gasteiger partial charge < -0.3 is 14.6 Å². The van der Waals surface area contributed by atoms with Crippen molar-refractivity contribution in [3.63, 3.8) is 0 Å². The van der Waals surface area contributed by atoms with Crippen LogP contribution in [-0.2, 0) is 6.61 Å². The Balaban J connectivity index is 2.27. The van der Waals surface area contributed by atoms with E-state index in [9.17, 15) is 9.90 Å². The number of methoxy groups -OCH3 is 1. The van der Waals surface area contributed by atoms with E-state index in [-0.39, 0.29) is 23.8 Å². The number of carboxylic acid groups (broad SMARTS) is 1. The number of aromatic carboxylic acids is 1. The second-order valence-corrected chi connectivity index (χ2v) is 4.21. The van der Waals surface area contributed by atoms with Gasteiger partial charge in [0.05, 0.1) is 13.3 Å². The zero-order valence-corrected chi connectivity index (χ0v) is 11.3. The molecule has 1 aromatic heterocycles. The summed E-state index contributed by atoms with van der Waals surface area (Å²) in [6.45, 7) is 1.93. The van der Waals surface area contributed by atoms with Gasteiger partial charge in [-0.3, -0.25) is 0 Å². The Morgan fingerprint density at radius 3 is 2.60 bits per heavy atom. The van der Waals surface area contributed by atoms with E-state index < -0.39 is 5.97 Å². The molecule has 0 radical (unpaired) electrons. The minimum Gasteiger partial charge on any atom is -0.486 e. The van der Waals surface area contributed by atoms with Crippen molar-refractivity contribution >= 4 is 5.97 Å². The highest BCUT2D eigenvalue weighted by Gasteiger charge is 2.19. The molecule has 104 valence electrons. The van der Waals surface area contributed by atoms with Gasteiger partial charge in [-0.1, -0.05) is 30.3 Å². The molecule has 0 aliphatic carbocycles. The Labute approximate surface area is 116 Å².